The summed E-state index contributed by atoms with van der Waals surface area (Å²) in [6, 6.07) is 15.9. The zero-order chi connectivity index (χ0) is 17.2. The van der Waals surface area contributed by atoms with Crippen LogP contribution in [0.25, 0.3) is 0 Å². The molecule has 3 N–H and O–H groups in total. The Bertz CT molecular complexity index is 654. The first-order chi connectivity index (χ1) is 11.7. The highest BCUT2D eigenvalue weighted by atomic mass is 16.2. The van der Waals surface area contributed by atoms with Gasteiger partial charge in [-0.3, -0.25) is 9.59 Å². The summed E-state index contributed by atoms with van der Waals surface area (Å²) in [6.07, 6.45) is 1.07. The fraction of sp³-hybridized carbons (Fsp3) is 0.263. The minimum atomic E-state index is -0.171. The van der Waals surface area contributed by atoms with Gasteiger partial charge >= 0.3 is 0 Å². The standard InChI is InChI=1S/C19H23N3O2/c1-2-12-20-13-14-21-18(23)16-8-10-17(11-9-16)22-19(24)15-6-4-3-5-7-15/h3-11,20H,2,12-14H2,1H3,(H,21,23)(H,22,24). The molecule has 2 aromatic carbocycles. The molecule has 0 aromatic heterocycles. The van der Waals surface area contributed by atoms with Crippen molar-refractivity contribution in [3.05, 3.63) is 65.7 Å². The summed E-state index contributed by atoms with van der Waals surface area (Å²) in [7, 11) is 0. The van der Waals surface area contributed by atoms with E-state index in [9.17, 15) is 9.59 Å². The largest absolute Gasteiger partial charge is 0.351 e. The molecule has 0 saturated carbocycles. The highest BCUT2D eigenvalue weighted by molar-refractivity contribution is 6.04. The molecule has 0 bridgehead atoms. The lowest BCUT2D eigenvalue weighted by Crippen LogP contribution is -2.32. The summed E-state index contributed by atoms with van der Waals surface area (Å²) in [4.78, 5) is 24.1. The average Bonchev–Trinajstić information content (AvgIpc) is 2.62. The molecule has 0 spiro atoms. The van der Waals surface area contributed by atoms with Gasteiger partial charge < -0.3 is 16.0 Å². The van der Waals surface area contributed by atoms with Crippen LogP contribution >= 0.6 is 0 Å². The van der Waals surface area contributed by atoms with Gasteiger partial charge in [-0.05, 0) is 49.4 Å². The Kier molecular flexibility index (Phi) is 6.98. The highest BCUT2D eigenvalue weighted by Crippen LogP contribution is 2.11. The minimum absolute atomic E-state index is 0.116. The van der Waals surface area contributed by atoms with E-state index in [1.165, 1.54) is 0 Å². The Morgan fingerprint density at radius 2 is 1.46 bits per heavy atom. The van der Waals surface area contributed by atoms with Crippen molar-refractivity contribution in [1.82, 2.24) is 10.6 Å². The van der Waals surface area contributed by atoms with Gasteiger partial charge in [-0.1, -0.05) is 25.1 Å². The molecule has 2 aromatic rings. The lowest BCUT2D eigenvalue weighted by molar-refractivity contribution is 0.0953. The second-order valence-electron chi connectivity index (χ2n) is 5.40. The molecule has 0 saturated heterocycles. The van der Waals surface area contributed by atoms with Crippen molar-refractivity contribution < 1.29 is 9.59 Å². The van der Waals surface area contributed by atoms with E-state index in [1.807, 2.05) is 18.2 Å². The summed E-state index contributed by atoms with van der Waals surface area (Å²) in [5, 5.41) is 8.89. The van der Waals surface area contributed by atoms with E-state index >= 15 is 0 Å². The van der Waals surface area contributed by atoms with Crippen LogP contribution in [0.5, 0.6) is 0 Å². The maximum absolute atomic E-state index is 12.1. The van der Waals surface area contributed by atoms with Gasteiger partial charge in [-0.2, -0.15) is 0 Å². The van der Waals surface area contributed by atoms with E-state index in [1.54, 1.807) is 36.4 Å². The number of nitrogens with one attached hydrogen (secondary N) is 3. The smallest absolute Gasteiger partial charge is 0.255 e. The second kappa shape index (κ2) is 9.47. The fourth-order valence-corrected chi connectivity index (χ4v) is 2.17. The topological polar surface area (TPSA) is 70.2 Å². The van der Waals surface area contributed by atoms with Gasteiger partial charge in [0.1, 0.15) is 0 Å². The summed E-state index contributed by atoms with van der Waals surface area (Å²) in [5.74, 6) is -0.288. The Labute approximate surface area is 142 Å². The molecular weight excluding hydrogens is 302 g/mol. The van der Waals surface area contributed by atoms with Gasteiger partial charge in [0, 0.05) is 29.9 Å². The van der Waals surface area contributed by atoms with Crippen LogP contribution in [0.3, 0.4) is 0 Å². The quantitative estimate of drug-likeness (QED) is 0.654. The molecule has 0 unspecified atom stereocenters. The Morgan fingerprint density at radius 3 is 2.12 bits per heavy atom. The molecule has 126 valence electrons. The number of anilines is 1. The van der Waals surface area contributed by atoms with E-state index in [-0.39, 0.29) is 11.8 Å². The Balaban J connectivity index is 1.84. The van der Waals surface area contributed by atoms with Gasteiger partial charge in [-0.15, -0.1) is 0 Å². The van der Waals surface area contributed by atoms with Crippen molar-refractivity contribution in [2.24, 2.45) is 0 Å². The Morgan fingerprint density at radius 1 is 0.792 bits per heavy atom. The number of benzene rings is 2. The van der Waals surface area contributed by atoms with Gasteiger partial charge in [-0.25, -0.2) is 0 Å². The first-order valence-electron chi connectivity index (χ1n) is 8.16. The van der Waals surface area contributed by atoms with Crippen LogP contribution in [0.15, 0.2) is 54.6 Å². The zero-order valence-electron chi connectivity index (χ0n) is 13.8. The van der Waals surface area contributed by atoms with E-state index in [0.717, 1.165) is 19.5 Å². The molecular formula is C19H23N3O2. The first-order valence-corrected chi connectivity index (χ1v) is 8.16. The van der Waals surface area contributed by atoms with Crippen LogP contribution in [0.1, 0.15) is 34.1 Å². The third-order valence-corrected chi connectivity index (χ3v) is 3.46. The van der Waals surface area contributed by atoms with E-state index < -0.39 is 0 Å². The van der Waals surface area contributed by atoms with Crippen LogP contribution in [0.2, 0.25) is 0 Å². The number of hydrogen-bond acceptors (Lipinski definition) is 3. The van der Waals surface area contributed by atoms with Crippen LogP contribution in [-0.2, 0) is 0 Å². The molecule has 0 aliphatic rings. The first kappa shape index (κ1) is 17.7. The molecule has 24 heavy (non-hydrogen) atoms. The van der Waals surface area contributed by atoms with Crippen LogP contribution < -0.4 is 16.0 Å². The molecule has 0 heterocycles. The van der Waals surface area contributed by atoms with Gasteiger partial charge in [0.05, 0.1) is 0 Å². The van der Waals surface area contributed by atoms with Crippen molar-refractivity contribution in [3.8, 4) is 0 Å². The lowest BCUT2D eigenvalue weighted by atomic mass is 10.1. The van der Waals surface area contributed by atoms with E-state index in [2.05, 4.69) is 22.9 Å². The molecule has 2 amide bonds. The molecule has 0 atom stereocenters. The summed E-state index contributed by atoms with van der Waals surface area (Å²) in [5.41, 5.74) is 1.83. The number of carbonyl (C=O) groups is 2. The molecule has 0 radical (unpaired) electrons. The predicted molar refractivity (Wildman–Crippen MR) is 96.3 cm³/mol. The second-order valence-corrected chi connectivity index (χ2v) is 5.40. The summed E-state index contributed by atoms with van der Waals surface area (Å²) in [6.45, 7) is 4.39. The maximum Gasteiger partial charge on any atom is 0.255 e. The minimum Gasteiger partial charge on any atom is -0.351 e. The van der Waals surface area contributed by atoms with Gasteiger partial charge in [0.15, 0.2) is 0 Å². The zero-order valence-corrected chi connectivity index (χ0v) is 13.8. The van der Waals surface area contributed by atoms with Crippen LogP contribution in [0, 0.1) is 0 Å². The number of carbonyl (C=O) groups excluding carboxylic acids is 2. The van der Waals surface area contributed by atoms with Crippen molar-refractivity contribution in [3.63, 3.8) is 0 Å². The lowest BCUT2D eigenvalue weighted by Gasteiger charge is -2.08. The van der Waals surface area contributed by atoms with E-state index in [4.69, 9.17) is 0 Å². The molecule has 0 fully saturated rings. The molecule has 2 rings (SSSR count). The Hall–Kier alpha value is -2.66. The molecule has 0 aliphatic carbocycles. The molecule has 5 heteroatoms. The predicted octanol–water partition coefficient (Wildman–Crippen LogP) is 2.67. The number of rotatable bonds is 8. The monoisotopic (exact) mass is 325 g/mol. The van der Waals surface area contributed by atoms with Gasteiger partial charge in [0.2, 0.25) is 0 Å². The van der Waals surface area contributed by atoms with Gasteiger partial charge in [0.25, 0.3) is 11.8 Å². The van der Waals surface area contributed by atoms with Crippen molar-refractivity contribution in [2.45, 2.75) is 13.3 Å². The molecule has 0 aliphatic heterocycles. The van der Waals surface area contributed by atoms with E-state index in [0.29, 0.717) is 23.4 Å². The summed E-state index contributed by atoms with van der Waals surface area (Å²) >= 11 is 0. The highest BCUT2D eigenvalue weighted by Gasteiger charge is 2.07. The normalized spacial score (nSPS) is 10.2. The van der Waals surface area contributed by atoms with Crippen molar-refractivity contribution >= 4 is 17.5 Å². The third kappa shape index (κ3) is 5.52. The summed E-state index contributed by atoms with van der Waals surface area (Å²) < 4.78 is 0. The SMILES string of the molecule is CCCNCCNC(=O)c1ccc(NC(=O)c2ccccc2)cc1. The van der Waals surface area contributed by atoms with Crippen molar-refractivity contribution in [1.29, 1.82) is 0 Å². The average molecular weight is 325 g/mol. The number of amides is 2. The number of hydrogen-bond donors (Lipinski definition) is 3. The van der Waals surface area contributed by atoms with Crippen molar-refractivity contribution in [2.75, 3.05) is 25.0 Å². The maximum atomic E-state index is 12.1. The fourth-order valence-electron chi connectivity index (χ4n) is 2.17. The van der Waals surface area contributed by atoms with Crippen LogP contribution in [-0.4, -0.2) is 31.4 Å². The third-order valence-electron chi connectivity index (χ3n) is 3.46. The molecule has 5 nitrogen and oxygen atoms in total. The van der Waals surface area contributed by atoms with Crippen LogP contribution in [0.4, 0.5) is 5.69 Å².